The van der Waals surface area contributed by atoms with Crippen molar-refractivity contribution in [3.8, 4) is 34.8 Å². The Hall–Kier alpha value is -3.12. The van der Waals surface area contributed by atoms with Crippen LogP contribution in [0.1, 0.15) is 22.5 Å². The van der Waals surface area contributed by atoms with Gasteiger partial charge >= 0.3 is 0 Å². The molecule has 2 unspecified atom stereocenters. The van der Waals surface area contributed by atoms with Crippen LogP contribution in [0.2, 0.25) is 0 Å². The first kappa shape index (κ1) is 16.7. The van der Waals surface area contributed by atoms with E-state index in [0.717, 1.165) is 23.1 Å². The summed E-state index contributed by atoms with van der Waals surface area (Å²) in [6, 6.07) is 10.9. The highest BCUT2D eigenvalue weighted by Gasteiger charge is 2.34. The maximum absolute atomic E-state index is 11.4. The smallest absolute Gasteiger partial charge is 0.293 e. The fraction of sp³-hybridized carbons (Fsp3) is 0.200. The van der Waals surface area contributed by atoms with Gasteiger partial charge in [-0.25, -0.2) is 5.48 Å². The van der Waals surface area contributed by atoms with Gasteiger partial charge in [-0.3, -0.25) is 15.0 Å². The van der Waals surface area contributed by atoms with Crippen LogP contribution in [0, 0.1) is 35.5 Å². The third kappa shape index (κ3) is 4.24. The number of carbonyl (C=O) groups excluding carboxylic acids is 1. The summed E-state index contributed by atoms with van der Waals surface area (Å²) >= 11 is 0. The second-order valence-corrected chi connectivity index (χ2v) is 5.75. The number of amides is 1. The number of nitrogens with zero attached hydrogens (tertiary/aromatic N) is 1. The first-order valence-electron chi connectivity index (χ1n) is 7.84. The van der Waals surface area contributed by atoms with Crippen LogP contribution < -0.4 is 5.48 Å². The molecule has 1 fully saturated rings. The van der Waals surface area contributed by atoms with Crippen molar-refractivity contribution in [3.63, 3.8) is 0 Å². The van der Waals surface area contributed by atoms with Crippen LogP contribution in [0.5, 0.6) is 0 Å². The maximum Gasteiger partial charge on any atom is 0.293 e. The highest BCUT2D eigenvalue weighted by molar-refractivity contribution is 5.92. The van der Waals surface area contributed by atoms with Crippen molar-refractivity contribution >= 4 is 5.91 Å². The first-order chi connectivity index (χ1) is 12.2. The lowest BCUT2D eigenvalue weighted by atomic mass is 10.0. The highest BCUT2D eigenvalue weighted by Crippen LogP contribution is 2.36. The minimum atomic E-state index is -0.651. The molecule has 1 aromatic carbocycles. The topological polar surface area (TPSA) is 82.5 Å². The van der Waals surface area contributed by atoms with Crippen molar-refractivity contribution in [3.05, 3.63) is 53.9 Å². The second kappa shape index (κ2) is 7.63. The van der Waals surface area contributed by atoms with Crippen LogP contribution in [0.15, 0.2) is 42.6 Å². The number of nitrogens with one attached hydrogen (secondary N) is 1. The Bertz CT molecular complexity index is 898. The fourth-order valence-electron chi connectivity index (χ4n) is 2.40. The van der Waals surface area contributed by atoms with E-state index < -0.39 is 5.91 Å². The lowest BCUT2D eigenvalue weighted by molar-refractivity contribution is 0.0701. The normalized spacial score (nSPS) is 17.5. The summed E-state index contributed by atoms with van der Waals surface area (Å²) in [5.74, 6) is 11.6. The van der Waals surface area contributed by atoms with E-state index in [4.69, 9.17) is 10.3 Å². The number of hydrogen-bond donors (Lipinski definition) is 3. The number of benzene rings is 1. The summed E-state index contributed by atoms with van der Waals surface area (Å²) in [5.41, 5.74) is 4.28. The van der Waals surface area contributed by atoms with Crippen LogP contribution in [0.3, 0.4) is 0 Å². The van der Waals surface area contributed by atoms with Gasteiger partial charge in [0.05, 0.1) is 0 Å². The number of pyridine rings is 1. The van der Waals surface area contributed by atoms with Crippen molar-refractivity contribution in [1.82, 2.24) is 10.5 Å². The van der Waals surface area contributed by atoms with Gasteiger partial charge in [0, 0.05) is 24.3 Å². The van der Waals surface area contributed by atoms with E-state index in [-0.39, 0.29) is 12.3 Å². The molecule has 1 aromatic heterocycles. The monoisotopic (exact) mass is 332 g/mol. The minimum absolute atomic E-state index is 0.139. The SMILES string of the molecule is O=C(NO)c1cc(-c2ccc(C#CC#CC3CC3CO)cc2)ccn1. The molecule has 1 amide bonds. The van der Waals surface area contributed by atoms with Gasteiger partial charge in [-0.15, -0.1) is 0 Å². The molecular formula is C20H16N2O3. The standard InChI is InChI=1S/C20H16N2O3/c23-13-18-11-16(18)4-2-1-3-14-5-7-15(8-6-14)17-9-10-21-19(12-17)20(24)22-25/h5-10,12,16,18,23,25H,11,13H2,(H,22,24). The zero-order chi connectivity index (χ0) is 17.6. The Kier molecular flexibility index (Phi) is 5.11. The number of hydroxylamine groups is 1. The molecule has 1 aliphatic rings. The molecule has 5 heteroatoms. The van der Waals surface area contributed by atoms with Gasteiger partial charge in [-0.05, 0) is 59.6 Å². The van der Waals surface area contributed by atoms with Gasteiger partial charge in [0.15, 0.2) is 0 Å². The molecule has 0 radical (unpaired) electrons. The predicted octanol–water partition coefficient (Wildman–Crippen LogP) is 1.85. The number of aliphatic hydroxyl groups excluding tert-OH is 1. The average molecular weight is 332 g/mol. The number of aromatic nitrogens is 1. The first-order valence-corrected chi connectivity index (χ1v) is 7.84. The fourth-order valence-corrected chi connectivity index (χ4v) is 2.40. The summed E-state index contributed by atoms with van der Waals surface area (Å²) in [5, 5.41) is 17.6. The molecule has 25 heavy (non-hydrogen) atoms. The van der Waals surface area contributed by atoms with Gasteiger partial charge in [-0.2, -0.15) is 0 Å². The molecule has 1 aliphatic carbocycles. The molecule has 2 aromatic rings. The van der Waals surface area contributed by atoms with Crippen LogP contribution in [0.4, 0.5) is 0 Å². The molecule has 124 valence electrons. The number of rotatable bonds is 3. The quantitative estimate of drug-likeness (QED) is 0.455. The summed E-state index contributed by atoms with van der Waals surface area (Å²) in [6.45, 7) is 0.199. The predicted molar refractivity (Wildman–Crippen MR) is 92.3 cm³/mol. The molecule has 3 rings (SSSR count). The zero-order valence-corrected chi connectivity index (χ0v) is 13.4. The highest BCUT2D eigenvalue weighted by atomic mass is 16.5. The van der Waals surface area contributed by atoms with E-state index in [1.54, 1.807) is 17.6 Å². The Labute approximate surface area is 145 Å². The molecule has 0 bridgehead atoms. The third-order valence-electron chi connectivity index (χ3n) is 4.00. The number of carbonyl (C=O) groups is 1. The Morgan fingerprint density at radius 1 is 1.20 bits per heavy atom. The van der Waals surface area contributed by atoms with Gasteiger partial charge in [0.1, 0.15) is 5.69 Å². The van der Waals surface area contributed by atoms with Crippen LogP contribution in [-0.4, -0.2) is 27.8 Å². The minimum Gasteiger partial charge on any atom is -0.396 e. The molecule has 1 saturated carbocycles. The summed E-state index contributed by atoms with van der Waals surface area (Å²) in [6.07, 6.45) is 2.48. The maximum atomic E-state index is 11.4. The van der Waals surface area contributed by atoms with E-state index >= 15 is 0 Å². The largest absolute Gasteiger partial charge is 0.396 e. The Balaban J connectivity index is 1.70. The van der Waals surface area contributed by atoms with Crippen molar-refractivity contribution in [2.75, 3.05) is 6.61 Å². The van der Waals surface area contributed by atoms with Crippen LogP contribution in [0.25, 0.3) is 11.1 Å². The lowest BCUT2D eigenvalue weighted by Gasteiger charge is -2.04. The molecule has 1 heterocycles. The van der Waals surface area contributed by atoms with Crippen molar-refractivity contribution < 1.29 is 15.1 Å². The average Bonchev–Trinajstić information content (AvgIpc) is 3.44. The van der Waals surface area contributed by atoms with E-state index in [9.17, 15) is 4.79 Å². The summed E-state index contributed by atoms with van der Waals surface area (Å²) < 4.78 is 0. The van der Waals surface area contributed by atoms with Crippen molar-refractivity contribution in [2.45, 2.75) is 6.42 Å². The number of aliphatic hydroxyl groups is 1. The number of hydrogen-bond acceptors (Lipinski definition) is 4. The van der Waals surface area contributed by atoms with Gasteiger partial charge in [-0.1, -0.05) is 24.0 Å². The van der Waals surface area contributed by atoms with E-state index in [0.29, 0.717) is 11.8 Å². The summed E-state index contributed by atoms with van der Waals surface area (Å²) in [7, 11) is 0. The molecule has 0 spiro atoms. The van der Waals surface area contributed by atoms with Gasteiger partial charge < -0.3 is 5.11 Å². The third-order valence-corrected chi connectivity index (χ3v) is 4.00. The van der Waals surface area contributed by atoms with Crippen molar-refractivity contribution in [2.24, 2.45) is 11.8 Å². The van der Waals surface area contributed by atoms with Gasteiger partial charge in [0.2, 0.25) is 0 Å². The van der Waals surface area contributed by atoms with Gasteiger partial charge in [0.25, 0.3) is 5.91 Å². The van der Waals surface area contributed by atoms with E-state index in [2.05, 4.69) is 28.7 Å². The zero-order valence-electron chi connectivity index (χ0n) is 13.4. The molecule has 0 saturated heterocycles. The molecule has 0 aliphatic heterocycles. The Morgan fingerprint density at radius 2 is 2.00 bits per heavy atom. The van der Waals surface area contributed by atoms with Crippen molar-refractivity contribution in [1.29, 1.82) is 0 Å². The molecule has 3 N–H and O–H groups in total. The molecule has 2 atom stereocenters. The molecule has 5 nitrogen and oxygen atoms in total. The lowest BCUT2D eigenvalue weighted by Crippen LogP contribution is -2.19. The van der Waals surface area contributed by atoms with Crippen LogP contribution in [-0.2, 0) is 0 Å². The second-order valence-electron chi connectivity index (χ2n) is 5.75. The Morgan fingerprint density at radius 3 is 2.68 bits per heavy atom. The van der Waals surface area contributed by atoms with E-state index in [1.165, 1.54) is 6.20 Å². The van der Waals surface area contributed by atoms with E-state index in [1.807, 2.05) is 24.3 Å². The van der Waals surface area contributed by atoms with Crippen LogP contribution >= 0.6 is 0 Å². The molecular weight excluding hydrogens is 316 g/mol. The summed E-state index contributed by atoms with van der Waals surface area (Å²) in [4.78, 5) is 15.3.